The first-order valence-corrected chi connectivity index (χ1v) is 30.5. The molecule has 0 saturated carbocycles. The molecule has 0 saturated heterocycles. The average Bonchev–Trinajstić information content (AvgIpc) is 3.99. The molecule has 0 radical (unpaired) electrons. The van der Waals surface area contributed by atoms with Crippen LogP contribution < -0.4 is 13.9 Å². The van der Waals surface area contributed by atoms with Gasteiger partial charge in [-0.05, 0) is 106 Å². The Balaban J connectivity index is 1.17. The molecule has 300 valence electrons. The van der Waals surface area contributed by atoms with Crippen LogP contribution in [-0.4, -0.2) is 28.0 Å². The van der Waals surface area contributed by atoms with Gasteiger partial charge in [0.2, 0.25) is 0 Å². The smallest absolute Gasteiger partial charge is 0.266 e. The maximum Gasteiger partial charge on any atom is 0.266 e. The van der Waals surface area contributed by atoms with E-state index in [2.05, 4.69) is 152 Å². The van der Waals surface area contributed by atoms with E-state index in [1.807, 2.05) is 52.2 Å². The molecule has 3 nitrogen and oxygen atoms in total. The lowest BCUT2D eigenvalue weighted by Crippen LogP contribution is -2.41. The van der Waals surface area contributed by atoms with Crippen molar-refractivity contribution in [1.29, 1.82) is 0 Å². The number of hydrogen-bond donors (Lipinski definition) is 0. The van der Waals surface area contributed by atoms with Gasteiger partial charge in [-0.2, -0.15) is 0 Å². The SMILES string of the molecule is CC(C)c1cccc(C(C)C)c1N1C(=O)c2ccc3c4cccc5c(-c6cc(-c7ccc([Si](C)(C)C)s7)c(-c7ccc([Si](C)(C)C)s7)s6)ccc(c6ccc(c2c36)C1=O)c54. The van der Waals surface area contributed by atoms with Crippen LogP contribution in [0.3, 0.4) is 0 Å². The van der Waals surface area contributed by atoms with E-state index in [9.17, 15) is 9.59 Å². The standard InChI is InChI=1S/C52H49NO2S3Si2/c1-28(2)30-13-11-14-31(29(3)4)49(30)53-51(54)38-21-19-36-34-16-12-15-33-32(17-18-35(46(33)34)37-20-22-39(52(53)55)48(38)47(36)37)43-27-40(41-23-25-44(56-41)59(5,6)7)50(58-43)42-24-26-45(57-42)60(8,9)10/h11-29H,1-10H3. The van der Waals surface area contributed by atoms with Gasteiger partial charge >= 0.3 is 0 Å². The third kappa shape index (κ3) is 5.97. The van der Waals surface area contributed by atoms with E-state index in [0.717, 1.165) is 49.1 Å². The highest BCUT2D eigenvalue weighted by atomic mass is 32.1. The zero-order valence-electron chi connectivity index (χ0n) is 36.0. The highest BCUT2D eigenvalue weighted by Gasteiger charge is 2.38. The number of para-hydroxylation sites is 1. The summed E-state index contributed by atoms with van der Waals surface area (Å²) in [6, 6.07) is 37.5. The third-order valence-corrected chi connectivity index (χ3v) is 23.1. The Hall–Kier alpha value is -4.71. The number of benzene rings is 6. The summed E-state index contributed by atoms with van der Waals surface area (Å²) in [6.45, 7) is 23.1. The Bertz CT molecular complexity index is 3070. The van der Waals surface area contributed by atoms with Crippen molar-refractivity contribution < 1.29 is 9.59 Å². The lowest BCUT2D eigenvalue weighted by Gasteiger charge is -2.32. The summed E-state index contributed by atoms with van der Waals surface area (Å²) < 4.78 is 3.06. The van der Waals surface area contributed by atoms with Gasteiger partial charge in [0.05, 0.1) is 26.7 Å². The fraction of sp³-hybridized carbons (Fsp3) is 0.231. The van der Waals surface area contributed by atoms with Crippen molar-refractivity contribution in [2.24, 2.45) is 0 Å². The number of rotatable bonds is 8. The summed E-state index contributed by atoms with van der Waals surface area (Å²) in [5.41, 5.74) is 6.50. The van der Waals surface area contributed by atoms with Gasteiger partial charge in [-0.25, -0.2) is 4.90 Å². The van der Waals surface area contributed by atoms with Crippen molar-refractivity contribution in [3.05, 3.63) is 125 Å². The molecule has 10 rings (SSSR count). The highest BCUT2D eigenvalue weighted by Crippen LogP contribution is 2.51. The van der Waals surface area contributed by atoms with Gasteiger partial charge in [-0.15, -0.1) is 34.0 Å². The molecule has 6 aromatic carbocycles. The van der Waals surface area contributed by atoms with Gasteiger partial charge < -0.3 is 0 Å². The van der Waals surface area contributed by atoms with Crippen molar-refractivity contribution in [1.82, 2.24) is 0 Å². The van der Waals surface area contributed by atoms with Crippen LogP contribution in [0.4, 0.5) is 5.69 Å². The van der Waals surface area contributed by atoms with E-state index in [0.29, 0.717) is 11.1 Å². The molecule has 3 aromatic heterocycles. The monoisotopic (exact) mass is 871 g/mol. The van der Waals surface area contributed by atoms with E-state index in [-0.39, 0.29) is 23.7 Å². The zero-order valence-corrected chi connectivity index (χ0v) is 40.4. The van der Waals surface area contributed by atoms with Gasteiger partial charge in [0, 0.05) is 36.7 Å². The Labute approximate surface area is 366 Å². The van der Waals surface area contributed by atoms with E-state index in [4.69, 9.17) is 0 Å². The number of imide groups is 1. The van der Waals surface area contributed by atoms with Crippen LogP contribution in [0.25, 0.3) is 73.7 Å². The van der Waals surface area contributed by atoms with Crippen molar-refractivity contribution in [2.45, 2.75) is 78.8 Å². The first-order chi connectivity index (χ1) is 28.5. The summed E-state index contributed by atoms with van der Waals surface area (Å²) in [5, 5.41) is 8.63. The number of amides is 2. The topological polar surface area (TPSA) is 37.4 Å². The van der Waals surface area contributed by atoms with Crippen LogP contribution in [0.1, 0.15) is 71.4 Å². The molecule has 0 aliphatic carbocycles. The molecule has 1 aliphatic rings. The summed E-state index contributed by atoms with van der Waals surface area (Å²) in [7, 11) is -2.94. The summed E-state index contributed by atoms with van der Waals surface area (Å²) >= 11 is 5.87. The van der Waals surface area contributed by atoms with Crippen LogP contribution in [0.2, 0.25) is 39.3 Å². The first-order valence-electron chi connectivity index (χ1n) is 21.1. The lowest BCUT2D eigenvalue weighted by molar-refractivity contribution is 0.0893. The summed E-state index contributed by atoms with van der Waals surface area (Å²) in [4.78, 5) is 36.4. The number of anilines is 1. The predicted molar refractivity (Wildman–Crippen MR) is 269 cm³/mol. The molecule has 0 spiro atoms. The summed E-state index contributed by atoms with van der Waals surface area (Å²) in [6.07, 6.45) is 0. The fourth-order valence-corrected chi connectivity index (χ4v) is 16.5. The van der Waals surface area contributed by atoms with Crippen molar-refractivity contribution in [2.75, 3.05) is 4.90 Å². The number of nitrogens with zero attached hydrogens (tertiary/aromatic N) is 1. The van der Waals surface area contributed by atoms with Crippen LogP contribution in [0, 0.1) is 0 Å². The second kappa shape index (κ2) is 13.9. The van der Waals surface area contributed by atoms with Gasteiger partial charge in [0.15, 0.2) is 0 Å². The van der Waals surface area contributed by atoms with E-state index in [1.54, 1.807) is 0 Å². The van der Waals surface area contributed by atoms with Gasteiger partial charge in [-0.3, -0.25) is 9.59 Å². The van der Waals surface area contributed by atoms with Crippen molar-refractivity contribution >= 4 is 120 Å². The molecule has 0 N–H and O–H groups in total. The molecular weight excluding hydrogens is 823 g/mol. The fourth-order valence-electron chi connectivity index (χ4n) is 9.32. The molecule has 9 aromatic rings. The molecule has 60 heavy (non-hydrogen) atoms. The number of thiophene rings is 3. The molecule has 0 bridgehead atoms. The molecular formula is C52H49NO2S3Si2. The molecule has 0 atom stereocenters. The van der Waals surface area contributed by atoms with Gasteiger partial charge in [0.1, 0.15) is 0 Å². The van der Waals surface area contributed by atoms with Crippen LogP contribution in [-0.2, 0) is 0 Å². The number of carbonyl (C=O) groups is 2. The van der Waals surface area contributed by atoms with E-state index in [1.165, 1.54) is 55.3 Å². The molecule has 0 unspecified atom stereocenters. The van der Waals surface area contributed by atoms with Crippen molar-refractivity contribution in [3.8, 4) is 30.6 Å². The Kier molecular flexibility index (Phi) is 9.14. The maximum atomic E-state index is 14.8. The number of fused-ring (bicyclic) bond motifs is 2. The van der Waals surface area contributed by atoms with Gasteiger partial charge in [0.25, 0.3) is 11.8 Å². The van der Waals surface area contributed by atoms with Crippen LogP contribution in [0.5, 0.6) is 0 Å². The second-order valence-electron chi connectivity index (χ2n) is 19.2. The van der Waals surface area contributed by atoms with E-state index >= 15 is 0 Å². The lowest BCUT2D eigenvalue weighted by atomic mass is 9.83. The zero-order chi connectivity index (χ0) is 42.2. The minimum atomic E-state index is -1.47. The Morgan fingerprint density at radius 3 is 1.48 bits per heavy atom. The molecule has 4 heterocycles. The molecule has 1 aliphatic heterocycles. The normalized spacial score (nSPS) is 13.8. The largest absolute Gasteiger partial charge is 0.268 e. The predicted octanol–water partition coefficient (Wildman–Crippen LogP) is 15.1. The molecule has 2 amide bonds. The molecule has 8 heteroatoms. The third-order valence-electron chi connectivity index (χ3n) is 12.4. The minimum Gasteiger partial charge on any atom is -0.268 e. The van der Waals surface area contributed by atoms with Crippen molar-refractivity contribution in [3.63, 3.8) is 0 Å². The Morgan fingerprint density at radius 2 is 0.933 bits per heavy atom. The number of hydrogen-bond acceptors (Lipinski definition) is 5. The summed E-state index contributed by atoms with van der Waals surface area (Å²) in [5.74, 6) is -0.217. The highest BCUT2D eigenvalue weighted by molar-refractivity contribution is 7.32. The first kappa shape index (κ1) is 39.4. The second-order valence-corrected chi connectivity index (χ2v) is 33.2. The minimum absolute atomic E-state index is 0.141. The quantitative estimate of drug-likeness (QED) is 0.0660. The van der Waals surface area contributed by atoms with Crippen LogP contribution in [0.15, 0.2) is 103 Å². The average molecular weight is 872 g/mol. The maximum absolute atomic E-state index is 14.8. The molecule has 0 fully saturated rings. The Morgan fingerprint density at radius 1 is 0.450 bits per heavy atom. The number of carbonyl (C=O) groups excluding carboxylic acids is 2. The van der Waals surface area contributed by atoms with E-state index < -0.39 is 16.1 Å². The van der Waals surface area contributed by atoms with Gasteiger partial charge in [-0.1, -0.05) is 140 Å². The van der Waals surface area contributed by atoms with Crippen LogP contribution >= 0.6 is 34.0 Å².